The topological polar surface area (TPSA) is 117 Å². The number of phenolic OH excluding ortho intramolecular Hbond substituents is 1. The minimum atomic E-state index is -0.769. The number of carbonyl (C=O) groups excluding carboxylic acids is 2. The van der Waals surface area contributed by atoms with Crippen molar-refractivity contribution >= 4 is 23.6 Å². The molecular weight excluding hydrogens is 342 g/mol. The summed E-state index contributed by atoms with van der Waals surface area (Å²) in [7, 11) is 1.24. The van der Waals surface area contributed by atoms with E-state index in [1.54, 1.807) is 19.1 Å². The third-order valence-electron chi connectivity index (χ3n) is 4.14. The van der Waals surface area contributed by atoms with Gasteiger partial charge in [-0.15, -0.1) is 0 Å². The molecule has 7 nitrogen and oxygen atoms in total. The molecular formula is C17H15N3O4S. The second-order valence-electron chi connectivity index (χ2n) is 5.58. The number of aromatic hydroxyl groups is 1. The number of allylic oxidation sites excluding steroid dienone is 1. The lowest BCUT2D eigenvalue weighted by molar-refractivity contribution is -0.136. The number of benzene rings is 1. The van der Waals surface area contributed by atoms with Gasteiger partial charge in [0.05, 0.1) is 40.5 Å². The molecule has 1 saturated heterocycles. The molecule has 25 heavy (non-hydrogen) atoms. The summed E-state index contributed by atoms with van der Waals surface area (Å²) < 4.78 is 4.90. The Kier molecular flexibility index (Phi) is 4.18. The predicted octanol–water partition coefficient (Wildman–Crippen LogP) is 1.53. The highest BCUT2D eigenvalue weighted by Gasteiger charge is 2.47. The van der Waals surface area contributed by atoms with Gasteiger partial charge in [0.1, 0.15) is 11.6 Å². The molecule has 2 heterocycles. The number of hydrogen-bond acceptors (Lipinski definition) is 7. The summed E-state index contributed by atoms with van der Waals surface area (Å²) >= 11 is 1.21. The summed E-state index contributed by atoms with van der Waals surface area (Å²) in [4.78, 5) is 26.1. The smallest absolute Gasteiger partial charge is 0.337 e. The molecule has 0 bridgehead atoms. The molecule has 0 unspecified atom stereocenters. The first kappa shape index (κ1) is 16.9. The minimum absolute atomic E-state index is 0.0186. The number of carbonyl (C=O) groups is 2. The zero-order valence-electron chi connectivity index (χ0n) is 13.5. The van der Waals surface area contributed by atoms with Gasteiger partial charge in [-0.1, -0.05) is 23.9 Å². The highest BCUT2D eigenvalue weighted by molar-refractivity contribution is 8.04. The Morgan fingerprint density at radius 1 is 1.40 bits per heavy atom. The Labute approximate surface area is 148 Å². The second kappa shape index (κ2) is 6.18. The first-order valence-corrected chi connectivity index (χ1v) is 8.30. The molecule has 1 amide bonds. The molecule has 8 heteroatoms. The van der Waals surface area contributed by atoms with Crippen LogP contribution in [0.3, 0.4) is 0 Å². The quantitative estimate of drug-likeness (QED) is 0.771. The van der Waals surface area contributed by atoms with E-state index in [9.17, 15) is 20.0 Å². The lowest BCUT2D eigenvalue weighted by Gasteiger charge is -2.31. The van der Waals surface area contributed by atoms with Crippen LogP contribution in [0.5, 0.6) is 5.75 Å². The number of ether oxygens (including phenoxy) is 1. The largest absolute Gasteiger partial charge is 0.508 e. The van der Waals surface area contributed by atoms with Crippen molar-refractivity contribution in [2.45, 2.75) is 18.1 Å². The number of nitriles is 1. The number of hydrogen-bond donors (Lipinski definition) is 2. The van der Waals surface area contributed by atoms with E-state index >= 15 is 0 Å². The van der Waals surface area contributed by atoms with E-state index < -0.39 is 17.1 Å². The van der Waals surface area contributed by atoms with Crippen LogP contribution in [0.25, 0.3) is 0 Å². The van der Waals surface area contributed by atoms with Crippen LogP contribution in [0.2, 0.25) is 0 Å². The van der Waals surface area contributed by atoms with Crippen LogP contribution >= 0.6 is 11.8 Å². The van der Waals surface area contributed by atoms with Crippen molar-refractivity contribution in [1.82, 2.24) is 4.90 Å². The molecule has 1 aromatic rings. The molecule has 1 aromatic carbocycles. The number of fused-ring (bicyclic) bond motifs is 1. The fourth-order valence-electron chi connectivity index (χ4n) is 2.94. The van der Waals surface area contributed by atoms with Crippen molar-refractivity contribution in [3.8, 4) is 11.8 Å². The van der Waals surface area contributed by atoms with Crippen LogP contribution in [-0.4, -0.2) is 34.2 Å². The van der Waals surface area contributed by atoms with Crippen molar-refractivity contribution in [2.24, 2.45) is 5.73 Å². The maximum Gasteiger partial charge on any atom is 0.337 e. The number of phenols is 1. The van der Waals surface area contributed by atoms with Gasteiger partial charge in [0.15, 0.2) is 0 Å². The van der Waals surface area contributed by atoms with Crippen molar-refractivity contribution in [2.75, 3.05) is 7.11 Å². The molecule has 128 valence electrons. The van der Waals surface area contributed by atoms with Gasteiger partial charge < -0.3 is 15.6 Å². The van der Waals surface area contributed by atoms with Crippen LogP contribution in [0.1, 0.15) is 18.4 Å². The monoisotopic (exact) mass is 357 g/mol. The number of nitrogens with zero attached hydrogens (tertiary/aromatic N) is 2. The number of thioether (sulfide) groups is 1. The zero-order chi connectivity index (χ0) is 18.3. The van der Waals surface area contributed by atoms with Crippen molar-refractivity contribution < 1.29 is 19.4 Å². The third-order valence-corrected chi connectivity index (χ3v) is 5.32. The van der Waals surface area contributed by atoms with Gasteiger partial charge >= 0.3 is 5.97 Å². The van der Waals surface area contributed by atoms with Crippen molar-refractivity contribution in [3.63, 3.8) is 0 Å². The average Bonchev–Trinajstić information content (AvgIpc) is 2.90. The maximum absolute atomic E-state index is 12.5. The van der Waals surface area contributed by atoms with E-state index in [-0.39, 0.29) is 28.6 Å². The molecule has 2 aliphatic heterocycles. The molecule has 0 spiro atoms. The molecule has 1 fully saturated rings. The summed E-state index contributed by atoms with van der Waals surface area (Å²) in [5.74, 6) is -1.61. The Balaban J connectivity index is 2.28. The Morgan fingerprint density at radius 2 is 2.04 bits per heavy atom. The molecule has 2 aliphatic rings. The van der Waals surface area contributed by atoms with Crippen LogP contribution in [0.15, 0.2) is 46.3 Å². The van der Waals surface area contributed by atoms with Crippen LogP contribution in [0, 0.1) is 11.3 Å². The summed E-state index contributed by atoms with van der Waals surface area (Å²) in [5.41, 5.74) is 6.99. The Bertz CT molecular complexity index is 867. The van der Waals surface area contributed by atoms with E-state index in [1.165, 1.54) is 35.9 Å². The second-order valence-corrected chi connectivity index (χ2v) is 6.91. The molecule has 3 rings (SSSR count). The van der Waals surface area contributed by atoms with Gasteiger partial charge in [-0.3, -0.25) is 9.69 Å². The molecule has 0 saturated carbocycles. The van der Waals surface area contributed by atoms with Crippen LogP contribution in [-0.2, 0) is 14.3 Å². The number of rotatable bonds is 2. The summed E-state index contributed by atoms with van der Waals surface area (Å²) in [5, 5.41) is 19.1. The van der Waals surface area contributed by atoms with E-state index in [0.717, 1.165) is 0 Å². The summed E-state index contributed by atoms with van der Waals surface area (Å²) in [6.07, 6.45) is 0. The lowest BCUT2D eigenvalue weighted by atomic mass is 9.83. The Morgan fingerprint density at radius 3 is 2.60 bits per heavy atom. The number of methoxy groups -OCH3 is 1. The van der Waals surface area contributed by atoms with Crippen LogP contribution < -0.4 is 5.73 Å². The fourth-order valence-corrected chi connectivity index (χ4v) is 4.10. The molecule has 2 atom stereocenters. The van der Waals surface area contributed by atoms with Crippen LogP contribution in [0.4, 0.5) is 0 Å². The van der Waals surface area contributed by atoms with Gasteiger partial charge in [0, 0.05) is 0 Å². The first-order chi connectivity index (χ1) is 11.9. The fraction of sp³-hybridized carbons (Fsp3) is 0.235. The lowest BCUT2D eigenvalue weighted by Crippen LogP contribution is -2.37. The van der Waals surface area contributed by atoms with Gasteiger partial charge in [-0.05, 0) is 24.6 Å². The number of amides is 1. The summed E-state index contributed by atoms with van der Waals surface area (Å²) in [6, 6.07) is 8.15. The van der Waals surface area contributed by atoms with E-state index in [0.29, 0.717) is 10.6 Å². The Hall–Kier alpha value is -2.92. The predicted molar refractivity (Wildman–Crippen MR) is 90.6 cm³/mol. The zero-order valence-corrected chi connectivity index (χ0v) is 14.3. The normalized spacial score (nSPS) is 22.8. The molecule has 3 N–H and O–H groups in total. The minimum Gasteiger partial charge on any atom is -0.508 e. The van der Waals surface area contributed by atoms with E-state index in [2.05, 4.69) is 0 Å². The molecule has 0 aromatic heterocycles. The van der Waals surface area contributed by atoms with E-state index in [1.807, 2.05) is 6.07 Å². The maximum atomic E-state index is 12.5. The highest BCUT2D eigenvalue weighted by Crippen LogP contribution is 2.49. The SMILES string of the molecule is COC(=O)C1=C2S[C@@H](C)C(=O)N2C(N)=C(C#N)[C@H]1c1ccc(O)cc1. The van der Waals surface area contributed by atoms with Gasteiger partial charge in [-0.2, -0.15) is 5.26 Å². The molecule has 0 aliphatic carbocycles. The van der Waals surface area contributed by atoms with Gasteiger partial charge in [0.2, 0.25) is 5.91 Å². The number of esters is 1. The molecule has 0 radical (unpaired) electrons. The van der Waals surface area contributed by atoms with Crippen molar-refractivity contribution in [3.05, 3.63) is 51.8 Å². The van der Waals surface area contributed by atoms with Gasteiger partial charge in [0.25, 0.3) is 0 Å². The average molecular weight is 357 g/mol. The first-order valence-electron chi connectivity index (χ1n) is 7.42. The van der Waals surface area contributed by atoms with Crippen molar-refractivity contribution in [1.29, 1.82) is 5.26 Å². The summed E-state index contributed by atoms with van der Waals surface area (Å²) in [6.45, 7) is 1.71. The van der Waals surface area contributed by atoms with Gasteiger partial charge in [-0.25, -0.2) is 4.79 Å². The highest BCUT2D eigenvalue weighted by atomic mass is 32.2. The van der Waals surface area contributed by atoms with E-state index in [4.69, 9.17) is 10.5 Å². The third kappa shape index (κ3) is 2.53. The standard InChI is InChI=1S/C17H15N3O4S/c1-8-15(22)20-14(19)11(7-18)12(9-3-5-10(21)6-4-9)13(16(20)25-8)17(23)24-2/h3-6,8,12,21H,19H2,1-2H3/t8-,12+/m0/s1. The number of nitrogens with two attached hydrogens (primary N) is 1.